The zero-order valence-corrected chi connectivity index (χ0v) is 14.9. The van der Waals surface area contributed by atoms with Crippen LogP contribution in [-0.4, -0.2) is 38.1 Å². The number of H-pyrrole nitrogens is 1. The van der Waals surface area contributed by atoms with Crippen molar-refractivity contribution < 1.29 is 9.00 Å². The molecule has 1 aromatic carbocycles. The van der Waals surface area contributed by atoms with E-state index in [1.165, 1.54) is 0 Å². The van der Waals surface area contributed by atoms with Crippen LogP contribution in [0, 0.1) is 13.8 Å². The maximum absolute atomic E-state index is 12.7. The number of benzene rings is 1. The van der Waals surface area contributed by atoms with Crippen LogP contribution in [-0.2, 0) is 10.8 Å². The third-order valence-corrected chi connectivity index (χ3v) is 5.37. The van der Waals surface area contributed by atoms with Crippen LogP contribution in [0.25, 0.3) is 0 Å². The van der Waals surface area contributed by atoms with Gasteiger partial charge in [-0.3, -0.25) is 9.31 Å². The average Bonchev–Trinajstić information content (AvgIpc) is 3.14. The molecule has 0 radical (unpaired) electrons. The van der Waals surface area contributed by atoms with Gasteiger partial charge in [-0.2, -0.15) is 5.10 Å². The summed E-state index contributed by atoms with van der Waals surface area (Å²) in [5.74, 6) is 0. The number of aromatic nitrogens is 2. The molecule has 0 aliphatic carbocycles. The van der Waals surface area contributed by atoms with Gasteiger partial charge in [-0.05, 0) is 44.9 Å². The predicted molar refractivity (Wildman–Crippen MR) is 94.5 cm³/mol. The van der Waals surface area contributed by atoms with Crippen LogP contribution in [0.15, 0.2) is 29.2 Å². The Bertz CT molecular complexity index is 767. The summed E-state index contributed by atoms with van der Waals surface area (Å²) in [4.78, 5) is 15.3. The molecule has 128 valence electrons. The summed E-state index contributed by atoms with van der Waals surface area (Å²) in [5.41, 5.74) is 3.74. The van der Waals surface area contributed by atoms with Crippen LogP contribution in [0.4, 0.5) is 10.5 Å². The van der Waals surface area contributed by atoms with E-state index in [1.54, 1.807) is 24.5 Å². The molecule has 0 bridgehead atoms. The molecule has 2 aromatic rings. The lowest BCUT2D eigenvalue weighted by Crippen LogP contribution is -2.34. The maximum Gasteiger partial charge on any atom is 0.322 e. The molecule has 24 heavy (non-hydrogen) atoms. The Morgan fingerprint density at radius 2 is 2.21 bits per heavy atom. The highest BCUT2D eigenvalue weighted by atomic mass is 32.2. The van der Waals surface area contributed by atoms with E-state index in [1.807, 2.05) is 24.8 Å². The van der Waals surface area contributed by atoms with Crippen molar-refractivity contribution >= 4 is 22.5 Å². The highest BCUT2D eigenvalue weighted by Gasteiger charge is 2.33. The van der Waals surface area contributed by atoms with E-state index in [-0.39, 0.29) is 12.1 Å². The van der Waals surface area contributed by atoms with Crippen molar-refractivity contribution in [2.45, 2.75) is 37.6 Å². The smallest absolute Gasteiger partial charge is 0.317 e. The third kappa shape index (κ3) is 3.21. The number of anilines is 1. The van der Waals surface area contributed by atoms with Gasteiger partial charge in [-0.15, -0.1) is 0 Å². The number of nitrogens with zero attached hydrogens (tertiary/aromatic N) is 2. The fraction of sp³-hybridized carbons (Fsp3) is 0.412. The summed E-state index contributed by atoms with van der Waals surface area (Å²) >= 11 is 0. The summed E-state index contributed by atoms with van der Waals surface area (Å²) in [6.45, 7) is 4.68. The number of amides is 2. The second-order valence-electron chi connectivity index (χ2n) is 6.11. The number of carbonyl (C=O) groups excluding carboxylic acids is 1. The molecule has 3 rings (SSSR count). The van der Waals surface area contributed by atoms with Crippen molar-refractivity contribution in [3.05, 3.63) is 41.2 Å². The van der Waals surface area contributed by atoms with E-state index in [0.29, 0.717) is 10.6 Å². The lowest BCUT2D eigenvalue weighted by molar-refractivity contribution is 0.207. The van der Waals surface area contributed by atoms with Crippen molar-refractivity contribution in [2.24, 2.45) is 0 Å². The zero-order chi connectivity index (χ0) is 17.3. The van der Waals surface area contributed by atoms with Gasteiger partial charge >= 0.3 is 6.03 Å². The van der Waals surface area contributed by atoms with Gasteiger partial charge in [0, 0.05) is 45.4 Å². The lowest BCUT2D eigenvalue weighted by atomic mass is 10.0. The molecule has 1 aromatic heterocycles. The van der Waals surface area contributed by atoms with Gasteiger partial charge in [0.25, 0.3) is 0 Å². The number of urea groups is 1. The molecule has 1 aliphatic heterocycles. The number of hydrogen-bond acceptors (Lipinski definition) is 3. The minimum Gasteiger partial charge on any atom is -0.317 e. The van der Waals surface area contributed by atoms with E-state index in [9.17, 15) is 9.00 Å². The summed E-state index contributed by atoms with van der Waals surface area (Å²) in [7, 11) is -1.07. The molecule has 7 heteroatoms. The monoisotopic (exact) mass is 346 g/mol. The van der Waals surface area contributed by atoms with Gasteiger partial charge in [0.1, 0.15) is 0 Å². The first kappa shape index (κ1) is 16.7. The van der Waals surface area contributed by atoms with Crippen LogP contribution in [0.2, 0.25) is 0 Å². The van der Waals surface area contributed by atoms with Gasteiger partial charge < -0.3 is 10.2 Å². The molecular formula is C17H22N4O2S. The summed E-state index contributed by atoms with van der Waals surface area (Å²) in [5, 5.41) is 10.2. The first-order chi connectivity index (χ1) is 11.5. The molecule has 2 amide bonds. The van der Waals surface area contributed by atoms with Gasteiger partial charge in [-0.25, -0.2) is 4.79 Å². The molecule has 2 unspecified atom stereocenters. The van der Waals surface area contributed by atoms with Crippen LogP contribution in [0.3, 0.4) is 0 Å². The topological polar surface area (TPSA) is 78.1 Å². The van der Waals surface area contributed by atoms with Crippen LogP contribution < -0.4 is 5.32 Å². The van der Waals surface area contributed by atoms with E-state index in [2.05, 4.69) is 15.5 Å². The molecule has 2 atom stereocenters. The first-order valence-electron chi connectivity index (χ1n) is 8.00. The Balaban J connectivity index is 1.79. The van der Waals surface area contributed by atoms with Crippen LogP contribution in [0.5, 0.6) is 0 Å². The number of rotatable bonds is 3. The van der Waals surface area contributed by atoms with Crippen molar-refractivity contribution in [2.75, 3.05) is 18.1 Å². The van der Waals surface area contributed by atoms with E-state index >= 15 is 0 Å². The summed E-state index contributed by atoms with van der Waals surface area (Å²) < 4.78 is 11.6. The summed E-state index contributed by atoms with van der Waals surface area (Å²) in [6.07, 6.45) is 3.54. The lowest BCUT2D eigenvalue weighted by Gasteiger charge is -2.25. The molecule has 2 heterocycles. The average molecular weight is 346 g/mol. The molecule has 0 saturated carbocycles. The van der Waals surface area contributed by atoms with Crippen molar-refractivity contribution in [1.82, 2.24) is 15.1 Å². The molecular weight excluding hydrogens is 324 g/mol. The maximum atomic E-state index is 12.7. The second kappa shape index (κ2) is 6.76. The largest absolute Gasteiger partial charge is 0.322 e. The molecule has 0 spiro atoms. The Labute approximate surface area is 144 Å². The van der Waals surface area contributed by atoms with E-state index in [0.717, 1.165) is 36.3 Å². The number of nitrogens with one attached hydrogen (secondary N) is 2. The fourth-order valence-corrected chi connectivity index (χ4v) is 3.87. The predicted octanol–water partition coefficient (Wildman–Crippen LogP) is 3.13. The first-order valence-corrected chi connectivity index (χ1v) is 9.55. The number of aromatic amines is 1. The Kier molecular flexibility index (Phi) is 4.71. The molecule has 1 aliphatic rings. The number of likely N-dealkylation sites (tertiary alicyclic amines) is 1. The molecule has 1 fully saturated rings. The normalized spacial score (nSPS) is 18.6. The fourth-order valence-electron chi connectivity index (χ4n) is 3.31. The van der Waals surface area contributed by atoms with Crippen molar-refractivity contribution in [1.29, 1.82) is 0 Å². The minimum atomic E-state index is -1.07. The van der Waals surface area contributed by atoms with Crippen molar-refractivity contribution in [3.8, 4) is 0 Å². The standard InChI is InChI=1S/C17H22N4O2S/c1-11-16(12(2)20-19-11)15-8-5-9-21(15)17(22)18-13-6-4-7-14(10-13)24(3)23/h4,6-7,10,15H,5,8-9H2,1-3H3,(H,18,22)(H,19,20). The Hall–Kier alpha value is -2.15. The van der Waals surface area contributed by atoms with Crippen LogP contribution >= 0.6 is 0 Å². The minimum absolute atomic E-state index is 0.0484. The highest BCUT2D eigenvalue weighted by Crippen LogP contribution is 2.35. The highest BCUT2D eigenvalue weighted by molar-refractivity contribution is 7.84. The number of aryl methyl sites for hydroxylation is 2. The molecule has 6 nitrogen and oxygen atoms in total. The Morgan fingerprint density at radius 3 is 2.88 bits per heavy atom. The SMILES string of the molecule is Cc1n[nH]c(C)c1C1CCCN1C(=O)Nc1cccc(S(C)=O)c1. The Morgan fingerprint density at radius 1 is 1.42 bits per heavy atom. The van der Waals surface area contributed by atoms with Gasteiger partial charge in [0.05, 0.1) is 11.7 Å². The third-order valence-electron chi connectivity index (χ3n) is 4.45. The molecule has 1 saturated heterocycles. The van der Waals surface area contributed by atoms with Gasteiger partial charge in [0.15, 0.2) is 0 Å². The van der Waals surface area contributed by atoms with E-state index < -0.39 is 10.8 Å². The quantitative estimate of drug-likeness (QED) is 0.896. The van der Waals surface area contributed by atoms with Gasteiger partial charge in [0.2, 0.25) is 0 Å². The van der Waals surface area contributed by atoms with Crippen LogP contribution in [0.1, 0.15) is 35.8 Å². The van der Waals surface area contributed by atoms with Gasteiger partial charge in [-0.1, -0.05) is 6.07 Å². The second-order valence-corrected chi connectivity index (χ2v) is 7.49. The number of carbonyl (C=O) groups is 1. The zero-order valence-electron chi connectivity index (χ0n) is 14.1. The molecule has 2 N–H and O–H groups in total. The number of hydrogen-bond donors (Lipinski definition) is 2. The van der Waals surface area contributed by atoms with Crippen molar-refractivity contribution in [3.63, 3.8) is 0 Å². The van der Waals surface area contributed by atoms with E-state index in [4.69, 9.17) is 0 Å². The summed E-state index contributed by atoms with van der Waals surface area (Å²) in [6, 6.07) is 7.09.